The molecule has 2 rings (SSSR count). The number of phenolic OH excluding ortho intramolecular Hbond substituents is 1. The van der Waals surface area contributed by atoms with Crippen LogP contribution in [0.1, 0.15) is 18.5 Å². The maximum absolute atomic E-state index is 13.6. The lowest BCUT2D eigenvalue weighted by molar-refractivity contribution is 0.475. The summed E-state index contributed by atoms with van der Waals surface area (Å²) >= 11 is 5.81. The van der Waals surface area contributed by atoms with Crippen LogP contribution in [0.25, 0.3) is 0 Å². The highest BCUT2D eigenvalue weighted by atomic mass is 35.5. The molecule has 94 valence electrons. The normalized spacial score (nSPS) is 12.2. The number of benzene rings is 2. The average Bonchev–Trinajstić information content (AvgIpc) is 2.34. The molecule has 0 aliphatic heterocycles. The summed E-state index contributed by atoms with van der Waals surface area (Å²) in [6.45, 7) is 1.86. The second kappa shape index (κ2) is 5.27. The molecule has 0 saturated carbocycles. The van der Waals surface area contributed by atoms with Gasteiger partial charge in [0.2, 0.25) is 0 Å². The van der Waals surface area contributed by atoms with Crippen LogP contribution >= 0.6 is 11.6 Å². The van der Waals surface area contributed by atoms with E-state index in [4.69, 9.17) is 11.6 Å². The number of nitrogens with one attached hydrogen (secondary N) is 1. The minimum Gasteiger partial charge on any atom is -0.506 e. The predicted octanol–water partition coefficient (Wildman–Crippen LogP) is 4.36. The summed E-state index contributed by atoms with van der Waals surface area (Å²) in [4.78, 5) is 0. The topological polar surface area (TPSA) is 32.3 Å². The Labute approximate surface area is 110 Å². The highest BCUT2D eigenvalue weighted by molar-refractivity contribution is 6.32. The minimum atomic E-state index is -0.248. The first-order chi connectivity index (χ1) is 8.58. The van der Waals surface area contributed by atoms with Gasteiger partial charge in [0.25, 0.3) is 0 Å². The van der Waals surface area contributed by atoms with Gasteiger partial charge in [-0.15, -0.1) is 0 Å². The lowest BCUT2D eigenvalue weighted by Gasteiger charge is -2.16. The molecule has 0 bridgehead atoms. The fourth-order valence-electron chi connectivity index (χ4n) is 1.75. The molecule has 18 heavy (non-hydrogen) atoms. The summed E-state index contributed by atoms with van der Waals surface area (Å²) in [7, 11) is 0. The fraction of sp³-hybridized carbons (Fsp3) is 0.143. The van der Waals surface area contributed by atoms with Crippen molar-refractivity contribution >= 4 is 17.3 Å². The molecule has 0 radical (unpaired) electrons. The van der Waals surface area contributed by atoms with Crippen LogP contribution < -0.4 is 5.32 Å². The summed E-state index contributed by atoms with van der Waals surface area (Å²) < 4.78 is 13.6. The number of halogens is 2. The molecule has 0 heterocycles. The predicted molar refractivity (Wildman–Crippen MR) is 71.6 cm³/mol. The lowest BCUT2D eigenvalue weighted by atomic mass is 10.1. The van der Waals surface area contributed by atoms with E-state index in [0.29, 0.717) is 5.56 Å². The molecule has 0 saturated heterocycles. The maximum Gasteiger partial charge on any atom is 0.134 e. The van der Waals surface area contributed by atoms with Crippen LogP contribution in [-0.4, -0.2) is 5.11 Å². The molecule has 0 aliphatic rings. The van der Waals surface area contributed by atoms with Crippen molar-refractivity contribution < 1.29 is 9.50 Å². The van der Waals surface area contributed by atoms with E-state index in [0.717, 1.165) is 5.69 Å². The molecule has 2 nitrogen and oxygen atoms in total. The first kappa shape index (κ1) is 12.7. The van der Waals surface area contributed by atoms with Gasteiger partial charge in [0.1, 0.15) is 11.6 Å². The quantitative estimate of drug-likeness (QED) is 0.809. The summed E-state index contributed by atoms with van der Waals surface area (Å²) in [6.07, 6.45) is 0. The van der Waals surface area contributed by atoms with Gasteiger partial charge in [-0.1, -0.05) is 29.8 Å². The molecule has 1 atom stereocenters. The standard InChI is InChI=1S/C14H13ClFNO/c1-9(11-4-2-3-5-13(11)16)17-10-6-7-14(18)12(15)8-10/h2-9,17-18H,1H3. The third-order valence-electron chi connectivity index (χ3n) is 2.70. The summed E-state index contributed by atoms with van der Waals surface area (Å²) in [5.41, 5.74) is 1.32. The van der Waals surface area contributed by atoms with Crippen LogP contribution in [0.4, 0.5) is 10.1 Å². The summed E-state index contributed by atoms with van der Waals surface area (Å²) in [5.74, 6) is -0.219. The second-order valence-corrected chi connectivity index (χ2v) is 4.46. The van der Waals surface area contributed by atoms with Crippen molar-refractivity contribution in [1.82, 2.24) is 0 Å². The monoisotopic (exact) mass is 265 g/mol. The molecule has 0 spiro atoms. The van der Waals surface area contributed by atoms with E-state index in [1.54, 1.807) is 30.3 Å². The molecule has 0 amide bonds. The zero-order valence-electron chi connectivity index (χ0n) is 9.82. The van der Waals surface area contributed by atoms with E-state index < -0.39 is 0 Å². The number of aromatic hydroxyl groups is 1. The van der Waals surface area contributed by atoms with Gasteiger partial charge in [-0.25, -0.2) is 4.39 Å². The maximum atomic E-state index is 13.6. The number of anilines is 1. The molecule has 2 aromatic carbocycles. The van der Waals surface area contributed by atoms with Crippen LogP contribution in [0.2, 0.25) is 5.02 Å². The Morgan fingerprint density at radius 1 is 1.22 bits per heavy atom. The van der Waals surface area contributed by atoms with Gasteiger partial charge in [0.05, 0.1) is 11.1 Å². The third kappa shape index (κ3) is 2.74. The van der Waals surface area contributed by atoms with Gasteiger partial charge < -0.3 is 10.4 Å². The van der Waals surface area contributed by atoms with Crippen LogP contribution in [0.5, 0.6) is 5.75 Å². The van der Waals surface area contributed by atoms with Crippen molar-refractivity contribution in [2.45, 2.75) is 13.0 Å². The van der Waals surface area contributed by atoms with E-state index in [2.05, 4.69) is 5.32 Å². The highest BCUT2D eigenvalue weighted by Crippen LogP contribution is 2.28. The molecule has 1 unspecified atom stereocenters. The van der Waals surface area contributed by atoms with Gasteiger partial charge in [0, 0.05) is 11.3 Å². The lowest BCUT2D eigenvalue weighted by Crippen LogP contribution is -2.08. The number of rotatable bonds is 3. The Morgan fingerprint density at radius 3 is 2.61 bits per heavy atom. The van der Waals surface area contributed by atoms with E-state index >= 15 is 0 Å². The van der Waals surface area contributed by atoms with Gasteiger partial charge in [-0.2, -0.15) is 0 Å². The first-order valence-corrected chi connectivity index (χ1v) is 5.95. The highest BCUT2D eigenvalue weighted by Gasteiger charge is 2.10. The van der Waals surface area contributed by atoms with Crippen LogP contribution in [0.3, 0.4) is 0 Å². The van der Waals surface area contributed by atoms with Crippen molar-refractivity contribution in [2.75, 3.05) is 5.32 Å². The number of phenols is 1. The SMILES string of the molecule is CC(Nc1ccc(O)c(Cl)c1)c1ccccc1F. The van der Waals surface area contributed by atoms with Crippen molar-refractivity contribution in [3.05, 3.63) is 58.9 Å². The Hall–Kier alpha value is -1.74. The van der Waals surface area contributed by atoms with Crippen LogP contribution in [-0.2, 0) is 0 Å². The molecule has 4 heteroatoms. The van der Waals surface area contributed by atoms with Gasteiger partial charge in [0.15, 0.2) is 0 Å². The summed E-state index contributed by atoms with van der Waals surface area (Å²) in [5, 5.41) is 12.7. The van der Waals surface area contributed by atoms with Crippen molar-refractivity contribution in [3.63, 3.8) is 0 Å². The Balaban J connectivity index is 2.19. The Morgan fingerprint density at radius 2 is 1.94 bits per heavy atom. The molecule has 2 aromatic rings. The Bertz CT molecular complexity index is 559. The van der Waals surface area contributed by atoms with E-state index in [-0.39, 0.29) is 22.6 Å². The molecular formula is C14H13ClFNO. The van der Waals surface area contributed by atoms with E-state index in [1.165, 1.54) is 12.1 Å². The smallest absolute Gasteiger partial charge is 0.134 e. The molecular weight excluding hydrogens is 253 g/mol. The van der Waals surface area contributed by atoms with Crippen molar-refractivity contribution in [2.24, 2.45) is 0 Å². The van der Waals surface area contributed by atoms with E-state index in [1.807, 2.05) is 6.92 Å². The number of hydrogen-bond donors (Lipinski definition) is 2. The molecule has 2 N–H and O–H groups in total. The fourth-order valence-corrected chi connectivity index (χ4v) is 1.93. The van der Waals surface area contributed by atoms with Crippen LogP contribution in [0.15, 0.2) is 42.5 Å². The van der Waals surface area contributed by atoms with Gasteiger partial charge >= 0.3 is 0 Å². The number of hydrogen-bond acceptors (Lipinski definition) is 2. The largest absolute Gasteiger partial charge is 0.506 e. The third-order valence-corrected chi connectivity index (χ3v) is 3.01. The van der Waals surface area contributed by atoms with Crippen LogP contribution in [0, 0.1) is 5.82 Å². The molecule has 0 aromatic heterocycles. The van der Waals surface area contributed by atoms with Gasteiger partial charge in [-0.3, -0.25) is 0 Å². The zero-order chi connectivity index (χ0) is 13.1. The zero-order valence-corrected chi connectivity index (χ0v) is 10.6. The first-order valence-electron chi connectivity index (χ1n) is 5.57. The average molecular weight is 266 g/mol. The molecule has 0 fully saturated rings. The van der Waals surface area contributed by atoms with E-state index in [9.17, 15) is 9.50 Å². The Kier molecular flexibility index (Phi) is 3.72. The minimum absolute atomic E-state index is 0.0285. The van der Waals surface area contributed by atoms with Crippen molar-refractivity contribution in [1.29, 1.82) is 0 Å². The second-order valence-electron chi connectivity index (χ2n) is 4.05. The van der Waals surface area contributed by atoms with Gasteiger partial charge in [-0.05, 0) is 31.2 Å². The molecule has 0 aliphatic carbocycles. The van der Waals surface area contributed by atoms with Crippen molar-refractivity contribution in [3.8, 4) is 5.75 Å². The summed E-state index contributed by atoms with van der Waals surface area (Å²) in [6, 6.07) is 11.2.